The maximum atomic E-state index is 12.7. The first-order valence-corrected chi connectivity index (χ1v) is 11.0. The summed E-state index contributed by atoms with van der Waals surface area (Å²) in [5, 5.41) is 3.24. The van der Waals surface area contributed by atoms with Gasteiger partial charge in [0, 0.05) is 23.3 Å². The van der Waals surface area contributed by atoms with Crippen molar-refractivity contribution >= 4 is 11.7 Å². The highest BCUT2D eigenvalue weighted by atomic mass is 16.2. The second kappa shape index (κ2) is 10.5. The molecule has 0 aromatic carbocycles. The summed E-state index contributed by atoms with van der Waals surface area (Å²) in [6.07, 6.45) is 10.8. The third-order valence-electron chi connectivity index (χ3n) is 6.42. The van der Waals surface area contributed by atoms with Gasteiger partial charge in [0.2, 0.25) is 5.91 Å². The van der Waals surface area contributed by atoms with Crippen LogP contribution in [0.25, 0.3) is 0 Å². The number of hydrogen-bond acceptors (Lipinski definition) is 2. The number of carbonyl (C=O) groups is 2. The van der Waals surface area contributed by atoms with Crippen LogP contribution >= 0.6 is 0 Å². The molecule has 0 bridgehead atoms. The lowest BCUT2D eigenvalue weighted by molar-refractivity contribution is -0.133. The highest BCUT2D eigenvalue weighted by Gasteiger charge is 2.34. The molecule has 0 saturated heterocycles. The first-order chi connectivity index (χ1) is 12.1. The molecule has 1 unspecified atom stereocenters. The highest BCUT2D eigenvalue weighted by molar-refractivity contribution is 5.86. The Balaban J connectivity index is 2.39. The molecule has 1 rings (SSSR count). The van der Waals surface area contributed by atoms with Crippen LogP contribution in [0.2, 0.25) is 0 Å². The van der Waals surface area contributed by atoms with Gasteiger partial charge in [0.05, 0.1) is 0 Å². The summed E-state index contributed by atoms with van der Waals surface area (Å²) < 4.78 is 0. The molecular weight excluding hydrogens is 322 g/mol. The summed E-state index contributed by atoms with van der Waals surface area (Å²) in [6, 6.07) is 0. The van der Waals surface area contributed by atoms with Gasteiger partial charge in [0.25, 0.3) is 0 Å². The van der Waals surface area contributed by atoms with E-state index in [0.29, 0.717) is 11.7 Å². The van der Waals surface area contributed by atoms with E-state index in [2.05, 4.69) is 26.1 Å². The van der Waals surface area contributed by atoms with Gasteiger partial charge in [-0.05, 0) is 44.4 Å². The van der Waals surface area contributed by atoms with Crippen LogP contribution in [0, 0.1) is 22.7 Å². The Hall–Kier alpha value is -0.860. The van der Waals surface area contributed by atoms with Crippen LogP contribution < -0.4 is 5.32 Å². The SMILES string of the molecule is CCCCCCC(C)(CC)C(=O)NC[C@H]1CC[C@H](C(=O)C(C)(C)C)CC1. The highest BCUT2D eigenvalue weighted by Crippen LogP contribution is 2.34. The van der Waals surface area contributed by atoms with E-state index in [-0.39, 0.29) is 22.7 Å². The summed E-state index contributed by atoms with van der Waals surface area (Å²) >= 11 is 0. The molecule has 26 heavy (non-hydrogen) atoms. The van der Waals surface area contributed by atoms with Crippen molar-refractivity contribution < 1.29 is 9.59 Å². The molecule has 3 heteroatoms. The summed E-state index contributed by atoms with van der Waals surface area (Å²) in [7, 11) is 0. The minimum atomic E-state index is -0.230. The van der Waals surface area contributed by atoms with E-state index in [9.17, 15) is 9.59 Å². The zero-order chi connectivity index (χ0) is 19.8. The molecule has 1 fully saturated rings. The van der Waals surface area contributed by atoms with E-state index in [1.807, 2.05) is 20.8 Å². The molecule has 1 aliphatic carbocycles. The normalized spacial score (nSPS) is 23.3. The molecule has 1 aliphatic rings. The Labute approximate surface area is 162 Å². The first-order valence-electron chi connectivity index (χ1n) is 11.0. The van der Waals surface area contributed by atoms with E-state index < -0.39 is 0 Å². The summed E-state index contributed by atoms with van der Waals surface area (Å²) in [4.78, 5) is 25.2. The lowest BCUT2D eigenvalue weighted by Crippen LogP contribution is -2.41. The van der Waals surface area contributed by atoms with Crippen molar-refractivity contribution in [2.75, 3.05) is 6.54 Å². The van der Waals surface area contributed by atoms with Crippen molar-refractivity contribution in [3.05, 3.63) is 0 Å². The van der Waals surface area contributed by atoms with Crippen LogP contribution in [0.4, 0.5) is 0 Å². The molecule has 0 aromatic rings. The molecule has 1 amide bonds. The second-order valence-corrected chi connectivity index (χ2v) is 9.77. The average Bonchev–Trinajstić information content (AvgIpc) is 2.62. The van der Waals surface area contributed by atoms with E-state index >= 15 is 0 Å². The number of Topliss-reactive ketones (excluding diaryl/α,β-unsaturated/α-hetero) is 1. The van der Waals surface area contributed by atoms with Gasteiger partial charge in [-0.15, -0.1) is 0 Å². The molecule has 0 aliphatic heterocycles. The lowest BCUT2D eigenvalue weighted by Gasteiger charge is -2.33. The molecule has 0 radical (unpaired) electrons. The molecule has 152 valence electrons. The van der Waals surface area contributed by atoms with Gasteiger partial charge in [0.1, 0.15) is 5.78 Å². The fraction of sp³-hybridized carbons (Fsp3) is 0.913. The van der Waals surface area contributed by atoms with Crippen molar-refractivity contribution in [1.29, 1.82) is 0 Å². The lowest BCUT2D eigenvalue weighted by atomic mass is 9.73. The van der Waals surface area contributed by atoms with Crippen LogP contribution in [0.15, 0.2) is 0 Å². The molecule has 1 saturated carbocycles. The quantitative estimate of drug-likeness (QED) is 0.489. The number of ketones is 1. The number of unbranched alkanes of at least 4 members (excludes halogenated alkanes) is 3. The van der Waals surface area contributed by atoms with Crippen molar-refractivity contribution in [2.24, 2.45) is 22.7 Å². The average molecular weight is 366 g/mol. The minimum absolute atomic E-state index is 0.224. The van der Waals surface area contributed by atoms with Gasteiger partial charge in [0.15, 0.2) is 0 Å². The molecule has 1 N–H and O–H groups in total. The Bertz CT molecular complexity index is 444. The largest absolute Gasteiger partial charge is 0.355 e. The second-order valence-electron chi connectivity index (χ2n) is 9.77. The Kier molecular flexibility index (Phi) is 9.33. The van der Waals surface area contributed by atoms with Gasteiger partial charge < -0.3 is 5.32 Å². The van der Waals surface area contributed by atoms with Crippen LogP contribution in [0.3, 0.4) is 0 Å². The van der Waals surface area contributed by atoms with E-state index in [0.717, 1.165) is 51.5 Å². The maximum Gasteiger partial charge on any atom is 0.225 e. The van der Waals surface area contributed by atoms with E-state index in [1.54, 1.807) is 0 Å². The summed E-state index contributed by atoms with van der Waals surface area (Å²) in [5.74, 6) is 1.39. The summed E-state index contributed by atoms with van der Waals surface area (Å²) in [6.45, 7) is 13.3. The smallest absolute Gasteiger partial charge is 0.225 e. The predicted molar refractivity (Wildman–Crippen MR) is 110 cm³/mol. The number of amides is 1. The van der Waals surface area contributed by atoms with Gasteiger partial charge in [-0.25, -0.2) is 0 Å². The molecular formula is C23H43NO2. The number of carbonyl (C=O) groups excluding carboxylic acids is 2. The van der Waals surface area contributed by atoms with Crippen LogP contribution in [0.1, 0.15) is 106 Å². The van der Waals surface area contributed by atoms with Crippen molar-refractivity contribution in [1.82, 2.24) is 5.32 Å². The van der Waals surface area contributed by atoms with Crippen LogP contribution in [0.5, 0.6) is 0 Å². The summed E-state index contributed by atoms with van der Waals surface area (Å²) in [5.41, 5.74) is -0.459. The first kappa shape index (κ1) is 23.2. The van der Waals surface area contributed by atoms with Crippen molar-refractivity contribution in [2.45, 2.75) is 106 Å². The van der Waals surface area contributed by atoms with Crippen LogP contribution in [-0.4, -0.2) is 18.2 Å². The van der Waals surface area contributed by atoms with Gasteiger partial charge in [-0.3, -0.25) is 9.59 Å². The van der Waals surface area contributed by atoms with Gasteiger partial charge in [-0.1, -0.05) is 67.2 Å². The number of hydrogen-bond donors (Lipinski definition) is 1. The minimum Gasteiger partial charge on any atom is -0.355 e. The standard InChI is InChI=1S/C23H43NO2/c1-7-9-10-11-16-23(6,8-2)21(26)24-17-18-12-14-19(15-13-18)20(25)22(3,4)5/h18-19H,7-17H2,1-6H3,(H,24,26)/t18-,19-,23?. The van der Waals surface area contributed by atoms with Crippen LogP contribution in [-0.2, 0) is 9.59 Å². The monoisotopic (exact) mass is 365 g/mol. The molecule has 3 nitrogen and oxygen atoms in total. The zero-order valence-electron chi connectivity index (χ0n) is 18.2. The predicted octanol–water partition coefficient (Wildman–Crippen LogP) is 5.91. The molecule has 0 spiro atoms. The van der Waals surface area contributed by atoms with Gasteiger partial charge >= 0.3 is 0 Å². The Morgan fingerprint density at radius 2 is 1.54 bits per heavy atom. The molecule has 0 aromatic heterocycles. The third-order valence-corrected chi connectivity index (χ3v) is 6.42. The number of nitrogens with one attached hydrogen (secondary N) is 1. The Morgan fingerprint density at radius 3 is 2.04 bits per heavy atom. The van der Waals surface area contributed by atoms with Crippen molar-refractivity contribution in [3.8, 4) is 0 Å². The molecule has 0 heterocycles. The fourth-order valence-corrected chi connectivity index (χ4v) is 4.08. The molecule has 1 atom stereocenters. The van der Waals surface area contributed by atoms with E-state index in [1.165, 1.54) is 19.3 Å². The Morgan fingerprint density at radius 1 is 0.923 bits per heavy atom. The topological polar surface area (TPSA) is 46.2 Å². The van der Waals surface area contributed by atoms with E-state index in [4.69, 9.17) is 0 Å². The fourth-order valence-electron chi connectivity index (χ4n) is 4.08. The number of rotatable bonds is 10. The zero-order valence-corrected chi connectivity index (χ0v) is 18.2. The van der Waals surface area contributed by atoms with Gasteiger partial charge in [-0.2, -0.15) is 0 Å². The van der Waals surface area contributed by atoms with Crippen molar-refractivity contribution in [3.63, 3.8) is 0 Å². The maximum absolute atomic E-state index is 12.7. The third kappa shape index (κ3) is 7.04.